The average Bonchev–Trinajstić information content (AvgIpc) is 0.823. The van der Waals surface area contributed by atoms with Crippen LogP contribution in [0.3, 0.4) is 0 Å². The molecule has 0 saturated heterocycles. The van der Waals surface area contributed by atoms with Crippen molar-refractivity contribution < 1.29 is 92.5 Å². The quantitative estimate of drug-likeness (QED) is 0.00741. The van der Waals surface area contributed by atoms with Crippen molar-refractivity contribution in [3.8, 4) is 5.88 Å². The first-order valence-corrected chi connectivity index (χ1v) is 40.1. The predicted octanol–water partition coefficient (Wildman–Crippen LogP) is 14.7. The van der Waals surface area contributed by atoms with E-state index in [1.54, 1.807) is 60.7 Å². The Balaban J connectivity index is 0.000000411. The molecule has 8 atom stereocenters. The van der Waals surface area contributed by atoms with E-state index in [4.69, 9.17) is 108 Å². The Labute approximate surface area is 716 Å². The molecular formula is C81H91Cl8N9O19. The highest BCUT2D eigenvalue weighted by Gasteiger charge is 2.34. The Kier molecular flexibility index (Phi) is 41.3. The van der Waals surface area contributed by atoms with Crippen LogP contribution in [-0.2, 0) is 27.1 Å². The van der Waals surface area contributed by atoms with Gasteiger partial charge in [0.05, 0.1) is 35.7 Å². The van der Waals surface area contributed by atoms with Gasteiger partial charge in [-0.15, -0.1) is 92.8 Å². The number of aromatic carboxylic acids is 5. The van der Waals surface area contributed by atoms with E-state index in [0.717, 1.165) is 11.1 Å². The maximum absolute atomic E-state index is 13.1. The van der Waals surface area contributed by atoms with Crippen LogP contribution in [0.5, 0.6) is 5.88 Å². The van der Waals surface area contributed by atoms with Crippen molar-refractivity contribution in [2.45, 2.75) is 134 Å². The second-order valence-electron chi connectivity index (χ2n) is 26.8. The van der Waals surface area contributed by atoms with Gasteiger partial charge in [0.1, 0.15) is 34.2 Å². The number of aryl methyl sites for hydroxylation is 2. The lowest BCUT2D eigenvalue weighted by atomic mass is 9.91. The van der Waals surface area contributed by atoms with Crippen LogP contribution in [-0.4, -0.2) is 203 Å². The minimum atomic E-state index is -1.36. The normalized spacial score (nSPS) is 13.6. The van der Waals surface area contributed by atoms with E-state index in [1.165, 1.54) is 62.8 Å². The number of hydrogen-bond acceptors (Lipinski definition) is 20. The van der Waals surface area contributed by atoms with Crippen LogP contribution in [0.25, 0.3) is 0 Å². The first kappa shape index (κ1) is 98.2. The van der Waals surface area contributed by atoms with Crippen molar-refractivity contribution in [2.75, 3.05) is 66.6 Å². The van der Waals surface area contributed by atoms with E-state index < -0.39 is 84.4 Å². The Morgan fingerprint density at radius 1 is 0.427 bits per heavy atom. The lowest BCUT2D eigenvalue weighted by Crippen LogP contribution is -2.43. The number of halogens is 8. The molecule has 0 bridgehead atoms. The van der Waals surface area contributed by atoms with Gasteiger partial charge in [0.2, 0.25) is 5.88 Å². The van der Waals surface area contributed by atoms with Gasteiger partial charge in [-0.1, -0.05) is 56.3 Å². The van der Waals surface area contributed by atoms with Crippen molar-refractivity contribution in [1.29, 1.82) is 0 Å². The molecule has 0 radical (unpaired) electrons. The summed E-state index contributed by atoms with van der Waals surface area (Å²) in [6.45, 7) is 11.4. The van der Waals surface area contributed by atoms with Crippen LogP contribution >= 0.6 is 92.8 Å². The van der Waals surface area contributed by atoms with Crippen molar-refractivity contribution >= 4 is 159 Å². The van der Waals surface area contributed by atoms with Gasteiger partial charge in [0.25, 0.3) is 24.2 Å². The number of methoxy groups -OCH3 is 2. The van der Waals surface area contributed by atoms with Gasteiger partial charge in [-0.2, -0.15) is 0 Å². The van der Waals surface area contributed by atoms with Crippen LogP contribution in [0.1, 0.15) is 238 Å². The Morgan fingerprint density at radius 2 is 0.752 bits per heavy atom. The third-order valence-corrected chi connectivity index (χ3v) is 21.2. The molecule has 117 heavy (non-hydrogen) atoms. The topological polar surface area (TPSA) is 420 Å². The Hall–Kier alpha value is -9.33. The van der Waals surface area contributed by atoms with Crippen molar-refractivity contribution in [3.63, 3.8) is 0 Å². The van der Waals surface area contributed by atoms with Crippen molar-refractivity contribution in [3.05, 3.63) is 217 Å². The molecule has 36 heteroatoms. The van der Waals surface area contributed by atoms with Crippen LogP contribution in [0.15, 0.2) is 127 Å². The summed E-state index contributed by atoms with van der Waals surface area (Å²) in [5.41, 5.74) is 3.02. The van der Waals surface area contributed by atoms with Gasteiger partial charge in [0, 0.05) is 95.6 Å². The fourth-order valence-corrected chi connectivity index (χ4v) is 14.7. The molecule has 0 aliphatic heterocycles. The number of ether oxygens (including phenoxy) is 3. The molecule has 0 fully saturated rings. The smallest absolute Gasteiger partial charge is 0.356 e. The molecule has 4 aromatic heterocycles. The number of rotatable bonds is 44. The molecule has 7 aromatic rings. The molecule has 0 saturated carbocycles. The number of carbonyl (C=O) groups is 11. The van der Waals surface area contributed by atoms with Gasteiger partial charge in [-0.3, -0.25) is 24.1 Å². The molecule has 0 aliphatic rings. The van der Waals surface area contributed by atoms with E-state index >= 15 is 0 Å². The van der Waals surface area contributed by atoms with Gasteiger partial charge in [0.15, 0.2) is 5.69 Å². The van der Waals surface area contributed by atoms with E-state index in [2.05, 4.69) is 55.6 Å². The van der Waals surface area contributed by atoms with Crippen LogP contribution in [0.4, 0.5) is 0 Å². The summed E-state index contributed by atoms with van der Waals surface area (Å²) in [5.74, 6) is -8.87. The zero-order valence-corrected chi connectivity index (χ0v) is 70.7. The minimum absolute atomic E-state index is 0.0200. The number of benzene rings is 3. The summed E-state index contributed by atoms with van der Waals surface area (Å²) in [4.78, 5) is 145. The summed E-state index contributed by atoms with van der Waals surface area (Å²) in [6, 6.07) is 33.7. The standard InChI is InChI=1S/C49H51Cl2N7O11.C17H22Cl3NO4.C15H18Cl3NO4/c50-38(36-26-40(47(63)64)56-41(27-36)48(65)66)16-10-31-8-14-35(15-9-31)46(62)55-22-25-58(24-21-54-44(60)33-4-2-1-3-5-33)23-20-52-18-19-53-45(61)34-12-6-32(7-13-34)11-17-39(51)37-28-42(49(67)68)57-43(29-37)69-30-59;1-5-17(20,8-10(2)18)9-12(19)11-6-13(15(22)24-3)21-14(7-11)16(23)25-4;1-3-15(18,6-8(2)16)7-10(17)9-4-11(13(20)21)19-12(5-9)14(22)23/h1-9,12-15,26-30,38-39,52H,10-11,16-25H2,(H,53,61)(H,54,60)(H,55,62)(H,63,64)(H,65,66)(H,67,68);6-7,10,12H,5,8-9H2,1-4H3;4-5,8,10H,3,6-7H2,1-2H3,(H,20,21)(H,22,23). The first-order valence-electron chi connectivity index (χ1n) is 36.7. The molecule has 4 heterocycles. The number of esters is 2. The highest BCUT2D eigenvalue weighted by molar-refractivity contribution is 6.28. The molecule has 630 valence electrons. The number of amides is 3. The zero-order valence-electron chi connectivity index (χ0n) is 64.6. The summed E-state index contributed by atoms with van der Waals surface area (Å²) in [5, 5.41) is 55.5. The van der Waals surface area contributed by atoms with Crippen LogP contribution in [0, 0.1) is 0 Å². The number of pyridine rings is 4. The molecule has 3 aromatic carbocycles. The summed E-state index contributed by atoms with van der Waals surface area (Å²) in [7, 11) is 2.46. The Morgan fingerprint density at radius 3 is 1.10 bits per heavy atom. The Bertz CT molecular complexity index is 4440. The van der Waals surface area contributed by atoms with Gasteiger partial charge in [-0.25, -0.2) is 53.5 Å². The van der Waals surface area contributed by atoms with Crippen molar-refractivity contribution in [1.82, 2.24) is 46.1 Å². The van der Waals surface area contributed by atoms with E-state index in [1.807, 2.05) is 45.9 Å². The molecule has 7 rings (SSSR count). The first-order chi connectivity index (χ1) is 55.4. The number of nitrogens with zero attached hydrogens (tertiary/aromatic N) is 5. The third-order valence-electron chi connectivity index (χ3n) is 18.0. The maximum atomic E-state index is 13.1. The minimum Gasteiger partial charge on any atom is -0.477 e. The largest absolute Gasteiger partial charge is 0.477 e. The zero-order chi connectivity index (χ0) is 86.7. The second kappa shape index (κ2) is 49.2. The summed E-state index contributed by atoms with van der Waals surface area (Å²) >= 11 is 51.3. The molecule has 0 spiro atoms. The van der Waals surface area contributed by atoms with Gasteiger partial charge in [-0.05, 0) is 190 Å². The fraction of sp³-hybridized carbons (Fsp3) is 0.395. The van der Waals surface area contributed by atoms with Gasteiger partial charge >= 0.3 is 41.8 Å². The van der Waals surface area contributed by atoms with E-state index in [-0.39, 0.29) is 69.3 Å². The van der Waals surface area contributed by atoms with E-state index in [0.29, 0.717) is 156 Å². The monoisotopic (exact) mass is 1770 g/mol. The number of carboxylic acid groups (broad SMARTS) is 5. The fourth-order valence-electron chi connectivity index (χ4n) is 11.7. The van der Waals surface area contributed by atoms with E-state index in [9.17, 15) is 68.1 Å². The molecule has 8 unspecified atom stereocenters. The number of nitrogens with one attached hydrogen (secondary N) is 4. The molecule has 28 nitrogen and oxygen atoms in total. The molecule has 0 aliphatic carbocycles. The average molecular weight is 1780 g/mol. The van der Waals surface area contributed by atoms with Crippen molar-refractivity contribution in [2.24, 2.45) is 0 Å². The van der Waals surface area contributed by atoms with Gasteiger partial charge < -0.3 is 61.0 Å². The lowest BCUT2D eigenvalue weighted by Gasteiger charge is -2.29. The number of hydrogen-bond donors (Lipinski definition) is 9. The number of alkyl halides is 8. The SMILES string of the molecule is CCC(Cl)(CC(C)Cl)CC(Cl)c1cc(C(=O)O)nc(C(=O)O)c1.CCC(Cl)(CC(C)Cl)CC(Cl)c1cc(C(=O)OC)nc(C(=O)OC)c1.O=COc1cc(C(Cl)CCc2ccc(C(=O)NCCNCCN(CCNC(=O)c3ccccc3)CCNC(=O)c3ccc(CCC(Cl)c4cc(C(=O)O)nc(C(=O)O)c4)cc3)cc2)cc(C(=O)O)n1. The molecular weight excluding hydrogens is 1690 g/mol. The molecule has 9 N–H and O–H groups in total. The number of aromatic nitrogens is 4. The second-order valence-corrected chi connectivity index (χ2v) is 32.0. The third kappa shape index (κ3) is 33.5. The maximum Gasteiger partial charge on any atom is 0.356 e. The summed E-state index contributed by atoms with van der Waals surface area (Å²) < 4.78 is 14.1. The number of carboxylic acids is 5. The number of carbonyl (C=O) groups excluding carboxylic acids is 6. The predicted molar refractivity (Wildman–Crippen MR) is 445 cm³/mol. The highest BCUT2D eigenvalue weighted by atomic mass is 35.5. The highest BCUT2D eigenvalue weighted by Crippen LogP contribution is 2.42. The lowest BCUT2D eigenvalue weighted by molar-refractivity contribution is -0.121. The molecule has 3 amide bonds. The van der Waals surface area contributed by atoms with Crippen LogP contribution < -0.4 is 26.0 Å². The van der Waals surface area contributed by atoms with Crippen LogP contribution in [0.2, 0.25) is 0 Å². The summed E-state index contributed by atoms with van der Waals surface area (Å²) in [6.07, 6.45) is 4.95.